The van der Waals surface area contributed by atoms with Crippen molar-refractivity contribution >= 4 is 40.9 Å². The molecule has 4 aromatic rings. The van der Waals surface area contributed by atoms with Gasteiger partial charge >= 0.3 is 0 Å². The third-order valence-electron chi connectivity index (χ3n) is 4.66. The van der Waals surface area contributed by atoms with Gasteiger partial charge in [0.25, 0.3) is 0 Å². The number of hydrogen-bond donors (Lipinski definition) is 3. The number of halogens is 2. The number of methoxy groups -OCH3 is 1. The van der Waals surface area contributed by atoms with Crippen LogP contribution in [0.2, 0.25) is 10.2 Å². The summed E-state index contributed by atoms with van der Waals surface area (Å²) in [6.45, 7) is 0.277. The molecule has 0 bridgehead atoms. The zero-order valence-electron chi connectivity index (χ0n) is 18.4. The smallest absolute Gasteiger partial charge is 0.244 e. The third kappa shape index (κ3) is 6.43. The van der Waals surface area contributed by atoms with E-state index in [0.29, 0.717) is 32.9 Å². The summed E-state index contributed by atoms with van der Waals surface area (Å²) < 4.78 is 6.30. The van der Waals surface area contributed by atoms with Gasteiger partial charge in [-0.1, -0.05) is 35.3 Å². The molecule has 0 radical (unpaired) electrons. The standard InChI is InChI=1S/C22H20Cl2N8O3/c1-34-13-35-29-17-6-2-14(3-7-17)21-22(24)28-19(27-21)11-25-20(33)9-4-15-10-16(23)5-8-18(15)32-12-26-30-31-32/h2-10,12,29H,11,13H2,1H3,(H,25,33)(H,27,28)/b9-4+. The van der Waals surface area contributed by atoms with Crippen molar-refractivity contribution in [3.63, 3.8) is 0 Å². The van der Waals surface area contributed by atoms with Gasteiger partial charge in [0.15, 0.2) is 6.79 Å². The Morgan fingerprint density at radius 1 is 1.20 bits per heavy atom. The van der Waals surface area contributed by atoms with Crippen molar-refractivity contribution in [1.82, 2.24) is 35.5 Å². The molecule has 180 valence electrons. The lowest BCUT2D eigenvalue weighted by Crippen LogP contribution is -2.21. The predicted octanol–water partition coefficient (Wildman–Crippen LogP) is 3.64. The number of amides is 1. The highest BCUT2D eigenvalue weighted by atomic mass is 35.5. The summed E-state index contributed by atoms with van der Waals surface area (Å²) in [4.78, 5) is 25.0. The summed E-state index contributed by atoms with van der Waals surface area (Å²) in [5.74, 6) is 0.183. The van der Waals surface area contributed by atoms with Crippen molar-refractivity contribution in [2.24, 2.45) is 0 Å². The summed E-state index contributed by atoms with van der Waals surface area (Å²) in [6.07, 6.45) is 4.48. The van der Waals surface area contributed by atoms with Gasteiger partial charge in [-0.2, -0.15) is 4.68 Å². The lowest BCUT2D eigenvalue weighted by Gasteiger charge is -2.06. The third-order valence-corrected chi connectivity index (χ3v) is 5.17. The van der Waals surface area contributed by atoms with E-state index in [1.807, 2.05) is 24.3 Å². The Morgan fingerprint density at radius 3 is 2.77 bits per heavy atom. The highest BCUT2D eigenvalue weighted by Crippen LogP contribution is 2.27. The van der Waals surface area contributed by atoms with Crippen molar-refractivity contribution in [2.75, 3.05) is 19.4 Å². The molecular formula is C22H20Cl2N8O3. The molecule has 3 N–H and O–H groups in total. The van der Waals surface area contributed by atoms with E-state index in [4.69, 9.17) is 32.8 Å². The largest absolute Gasteiger partial charge is 0.356 e. The van der Waals surface area contributed by atoms with E-state index in [-0.39, 0.29) is 19.2 Å². The summed E-state index contributed by atoms with van der Waals surface area (Å²) in [5, 5.41) is 14.8. The lowest BCUT2D eigenvalue weighted by molar-refractivity contribution is -0.116. The second kappa shape index (κ2) is 11.6. The Labute approximate surface area is 210 Å². The van der Waals surface area contributed by atoms with Crippen LogP contribution in [-0.2, 0) is 20.9 Å². The van der Waals surface area contributed by atoms with E-state index >= 15 is 0 Å². The first-order valence-corrected chi connectivity index (χ1v) is 11.0. The van der Waals surface area contributed by atoms with Crippen molar-refractivity contribution in [3.05, 3.63) is 76.4 Å². The number of tetrazole rings is 1. The topological polar surface area (TPSA) is 132 Å². The summed E-state index contributed by atoms with van der Waals surface area (Å²) >= 11 is 12.4. The quantitative estimate of drug-likeness (QED) is 0.126. The van der Waals surface area contributed by atoms with Crippen LogP contribution in [0, 0.1) is 0 Å². The second-order valence-corrected chi connectivity index (χ2v) is 7.90. The minimum absolute atomic E-state index is 0.122. The van der Waals surface area contributed by atoms with Gasteiger partial charge in [0.2, 0.25) is 5.91 Å². The Balaban J connectivity index is 1.38. The van der Waals surface area contributed by atoms with E-state index in [1.165, 1.54) is 24.2 Å². The maximum atomic E-state index is 12.4. The number of carbonyl (C=O) groups is 1. The van der Waals surface area contributed by atoms with Crippen LogP contribution in [0.1, 0.15) is 11.4 Å². The first-order valence-electron chi connectivity index (χ1n) is 10.2. The molecule has 0 aliphatic rings. The molecule has 13 heteroatoms. The molecular weight excluding hydrogens is 495 g/mol. The molecule has 2 aromatic heterocycles. The number of rotatable bonds is 10. The van der Waals surface area contributed by atoms with Gasteiger partial charge in [0.1, 0.15) is 23.0 Å². The number of carbonyl (C=O) groups excluding carboxylic acids is 1. The van der Waals surface area contributed by atoms with Gasteiger partial charge < -0.3 is 15.0 Å². The van der Waals surface area contributed by atoms with Gasteiger partial charge in [-0.15, -0.1) is 5.10 Å². The summed E-state index contributed by atoms with van der Waals surface area (Å²) in [6, 6.07) is 12.5. The van der Waals surface area contributed by atoms with Crippen LogP contribution in [0.4, 0.5) is 5.69 Å². The number of benzene rings is 2. The minimum atomic E-state index is -0.326. The maximum absolute atomic E-state index is 12.4. The first kappa shape index (κ1) is 24.4. The number of anilines is 1. The zero-order valence-corrected chi connectivity index (χ0v) is 19.9. The van der Waals surface area contributed by atoms with Gasteiger partial charge in [0, 0.05) is 29.3 Å². The van der Waals surface area contributed by atoms with Gasteiger partial charge in [-0.05, 0) is 46.8 Å². The second-order valence-electron chi connectivity index (χ2n) is 7.09. The number of H-pyrrole nitrogens is 1. The average Bonchev–Trinajstić information content (AvgIpc) is 3.52. The highest BCUT2D eigenvalue weighted by Gasteiger charge is 2.12. The fourth-order valence-corrected chi connectivity index (χ4v) is 3.52. The van der Waals surface area contributed by atoms with Gasteiger partial charge in [-0.3, -0.25) is 10.3 Å². The SMILES string of the molecule is COCONc1ccc(-c2nc(CNC(=O)/C=C/c3cc(Cl)ccc3-n3cnnn3)[nH]c2Cl)cc1. The summed E-state index contributed by atoms with van der Waals surface area (Å²) in [7, 11) is 1.54. The molecule has 0 fully saturated rings. The van der Waals surface area contributed by atoms with E-state index in [9.17, 15) is 4.79 Å². The number of aromatic nitrogens is 6. The average molecular weight is 515 g/mol. The zero-order chi connectivity index (χ0) is 24.6. The van der Waals surface area contributed by atoms with E-state index in [1.54, 1.807) is 24.3 Å². The van der Waals surface area contributed by atoms with E-state index in [2.05, 4.69) is 36.3 Å². The number of ether oxygens (including phenoxy) is 1. The van der Waals surface area contributed by atoms with Crippen LogP contribution in [0.5, 0.6) is 0 Å². The van der Waals surface area contributed by atoms with E-state index < -0.39 is 0 Å². The lowest BCUT2D eigenvalue weighted by atomic mass is 10.1. The number of hydrogen-bond acceptors (Lipinski definition) is 8. The molecule has 0 unspecified atom stereocenters. The molecule has 2 heterocycles. The Morgan fingerprint density at radius 2 is 2.03 bits per heavy atom. The Kier molecular flexibility index (Phi) is 8.06. The fourth-order valence-electron chi connectivity index (χ4n) is 3.08. The van der Waals surface area contributed by atoms with Crippen LogP contribution >= 0.6 is 23.2 Å². The van der Waals surface area contributed by atoms with Crippen LogP contribution < -0.4 is 10.8 Å². The molecule has 0 saturated carbocycles. The highest BCUT2D eigenvalue weighted by molar-refractivity contribution is 6.32. The van der Waals surface area contributed by atoms with Crippen molar-refractivity contribution < 1.29 is 14.4 Å². The molecule has 11 nitrogen and oxygen atoms in total. The van der Waals surface area contributed by atoms with Crippen molar-refractivity contribution in [1.29, 1.82) is 0 Å². The normalized spacial score (nSPS) is 11.2. The van der Waals surface area contributed by atoms with Crippen LogP contribution in [0.15, 0.2) is 54.9 Å². The number of nitrogens with zero attached hydrogens (tertiary/aromatic N) is 5. The molecule has 0 spiro atoms. The summed E-state index contributed by atoms with van der Waals surface area (Å²) in [5.41, 5.74) is 6.23. The molecule has 1 amide bonds. The monoisotopic (exact) mass is 514 g/mol. The molecule has 0 saturated heterocycles. The van der Waals surface area contributed by atoms with Crippen LogP contribution in [-0.4, -0.2) is 50.0 Å². The van der Waals surface area contributed by atoms with Crippen LogP contribution in [0.25, 0.3) is 23.0 Å². The Hall–Kier alpha value is -3.77. The molecule has 0 aliphatic carbocycles. The van der Waals surface area contributed by atoms with E-state index in [0.717, 1.165) is 11.3 Å². The van der Waals surface area contributed by atoms with Crippen molar-refractivity contribution in [3.8, 4) is 16.9 Å². The molecule has 0 atom stereocenters. The predicted molar refractivity (Wildman–Crippen MR) is 131 cm³/mol. The van der Waals surface area contributed by atoms with Gasteiger partial charge in [-0.25, -0.2) is 9.82 Å². The van der Waals surface area contributed by atoms with Crippen molar-refractivity contribution in [2.45, 2.75) is 6.54 Å². The molecule has 0 aliphatic heterocycles. The minimum Gasteiger partial charge on any atom is -0.356 e. The number of nitrogens with one attached hydrogen (secondary N) is 3. The van der Waals surface area contributed by atoms with Crippen LogP contribution in [0.3, 0.4) is 0 Å². The van der Waals surface area contributed by atoms with Gasteiger partial charge in [0.05, 0.1) is 17.9 Å². The maximum Gasteiger partial charge on any atom is 0.244 e. The number of aromatic amines is 1. The molecule has 35 heavy (non-hydrogen) atoms. The number of imidazole rings is 1. The first-order chi connectivity index (χ1) is 17.0. The Bertz CT molecular complexity index is 1310. The fraction of sp³-hybridized carbons (Fsp3) is 0.136. The molecule has 4 rings (SSSR count). The molecule has 2 aromatic carbocycles.